The van der Waals surface area contributed by atoms with Crippen LogP contribution in [-0.2, 0) is 18.2 Å². The molecule has 0 saturated heterocycles. The number of hydrogen-bond donors (Lipinski definition) is 2. The van der Waals surface area contributed by atoms with Gasteiger partial charge in [0.15, 0.2) is 0 Å². The summed E-state index contributed by atoms with van der Waals surface area (Å²) in [7, 11) is 3.54. The molecule has 0 spiro atoms. The molecule has 1 fully saturated rings. The molecular formula is C20H29N7O2. The monoisotopic (exact) mass is 399 g/mol. The van der Waals surface area contributed by atoms with Gasteiger partial charge in [0.05, 0.1) is 30.6 Å². The molecule has 4 rings (SSSR count). The fourth-order valence-electron chi connectivity index (χ4n) is 4.10. The average molecular weight is 399 g/mol. The third-order valence-corrected chi connectivity index (χ3v) is 5.58. The molecule has 0 amide bonds. The molecule has 1 aliphatic carbocycles. The predicted molar refractivity (Wildman–Crippen MR) is 110 cm³/mol. The van der Waals surface area contributed by atoms with Crippen molar-refractivity contribution in [3.63, 3.8) is 0 Å². The van der Waals surface area contributed by atoms with E-state index in [9.17, 15) is 5.11 Å². The van der Waals surface area contributed by atoms with E-state index in [4.69, 9.17) is 9.84 Å². The van der Waals surface area contributed by atoms with Gasteiger partial charge in [0, 0.05) is 31.5 Å². The molecule has 156 valence electrons. The van der Waals surface area contributed by atoms with E-state index in [1.165, 1.54) is 0 Å². The molecule has 9 nitrogen and oxygen atoms in total. The van der Waals surface area contributed by atoms with Gasteiger partial charge in [-0.05, 0) is 51.0 Å². The Kier molecular flexibility index (Phi) is 5.77. The number of methoxy groups -OCH3 is 1. The molecule has 0 aromatic carbocycles. The molecule has 1 aliphatic rings. The summed E-state index contributed by atoms with van der Waals surface area (Å²) in [6.07, 6.45) is 8.34. The zero-order valence-corrected chi connectivity index (χ0v) is 17.2. The van der Waals surface area contributed by atoms with Gasteiger partial charge in [0.2, 0.25) is 5.95 Å². The van der Waals surface area contributed by atoms with Crippen molar-refractivity contribution >= 4 is 11.5 Å². The summed E-state index contributed by atoms with van der Waals surface area (Å²) in [6.45, 7) is 2.61. The molecule has 3 heterocycles. The van der Waals surface area contributed by atoms with Crippen molar-refractivity contribution in [1.82, 2.24) is 29.6 Å². The van der Waals surface area contributed by atoms with Crippen molar-refractivity contribution in [2.45, 2.75) is 51.2 Å². The number of fused-ring (bicyclic) bond motifs is 1. The SMILES string of the molecule is COC[C@H](C)Nc1ncc2c(-c3cn(C)nn3)cc(CC3CCC(O)CC3)n2n1. The highest BCUT2D eigenvalue weighted by molar-refractivity contribution is 5.78. The first-order valence-corrected chi connectivity index (χ1v) is 10.2. The number of nitrogens with one attached hydrogen (secondary N) is 1. The van der Waals surface area contributed by atoms with Crippen LogP contribution in [0.2, 0.25) is 0 Å². The maximum absolute atomic E-state index is 9.82. The molecule has 0 bridgehead atoms. The van der Waals surface area contributed by atoms with Crippen LogP contribution in [0.3, 0.4) is 0 Å². The molecule has 3 aromatic heterocycles. The highest BCUT2D eigenvalue weighted by Gasteiger charge is 2.23. The van der Waals surface area contributed by atoms with Gasteiger partial charge in [-0.25, -0.2) is 9.50 Å². The Balaban J connectivity index is 1.68. The molecule has 1 saturated carbocycles. The van der Waals surface area contributed by atoms with Gasteiger partial charge < -0.3 is 15.2 Å². The first kappa shape index (κ1) is 19.8. The number of aromatic nitrogens is 6. The van der Waals surface area contributed by atoms with E-state index in [2.05, 4.69) is 26.7 Å². The summed E-state index contributed by atoms with van der Waals surface area (Å²) >= 11 is 0. The van der Waals surface area contributed by atoms with Gasteiger partial charge in [-0.3, -0.25) is 4.68 Å². The minimum absolute atomic E-state index is 0.107. The predicted octanol–water partition coefficient (Wildman–Crippen LogP) is 2.07. The Hall–Kier alpha value is -2.52. The van der Waals surface area contributed by atoms with Crippen LogP contribution in [0, 0.1) is 5.92 Å². The Bertz CT molecular complexity index is 959. The smallest absolute Gasteiger partial charge is 0.241 e. The Morgan fingerprint density at radius 1 is 1.31 bits per heavy atom. The largest absolute Gasteiger partial charge is 0.393 e. The van der Waals surface area contributed by atoms with Crippen molar-refractivity contribution in [3.8, 4) is 11.3 Å². The van der Waals surface area contributed by atoms with Gasteiger partial charge in [0.1, 0.15) is 5.69 Å². The molecule has 0 aliphatic heterocycles. The van der Waals surface area contributed by atoms with Crippen molar-refractivity contribution in [2.24, 2.45) is 13.0 Å². The molecule has 0 unspecified atom stereocenters. The van der Waals surface area contributed by atoms with Crippen LogP contribution in [0.4, 0.5) is 5.95 Å². The van der Waals surface area contributed by atoms with E-state index in [1.54, 1.807) is 11.8 Å². The number of anilines is 1. The fraction of sp³-hybridized carbons (Fsp3) is 0.600. The van der Waals surface area contributed by atoms with E-state index >= 15 is 0 Å². The standard InChI is InChI=1S/C20H29N7O2/c1-13(12-29-3)22-20-21-10-19-17(18-11-26(2)25-23-18)9-15(27(19)24-20)8-14-4-6-16(28)7-5-14/h9-11,13-14,16,28H,4-8,12H2,1-3H3,(H,22,24)/t13-,14?,16?/m0/s1. The number of aliphatic hydroxyl groups is 1. The van der Waals surface area contributed by atoms with Gasteiger partial charge in [-0.1, -0.05) is 5.21 Å². The number of aliphatic hydroxyl groups excluding tert-OH is 1. The third kappa shape index (κ3) is 4.40. The lowest BCUT2D eigenvalue weighted by Crippen LogP contribution is -2.23. The van der Waals surface area contributed by atoms with E-state index in [0.717, 1.165) is 54.6 Å². The first-order valence-electron chi connectivity index (χ1n) is 10.2. The molecule has 0 radical (unpaired) electrons. The lowest BCUT2D eigenvalue weighted by atomic mass is 9.84. The molecule has 2 N–H and O–H groups in total. The van der Waals surface area contributed by atoms with Crippen LogP contribution in [0.25, 0.3) is 16.8 Å². The second-order valence-electron chi connectivity index (χ2n) is 8.09. The van der Waals surface area contributed by atoms with Crippen molar-refractivity contribution in [2.75, 3.05) is 19.0 Å². The summed E-state index contributed by atoms with van der Waals surface area (Å²) in [4.78, 5) is 4.51. The molecule has 1 atom stereocenters. The van der Waals surface area contributed by atoms with Crippen molar-refractivity contribution < 1.29 is 9.84 Å². The first-order chi connectivity index (χ1) is 14.0. The van der Waals surface area contributed by atoms with Crippen LogP contribution in [-0.4, -0.2) is 60.6 Å². The van der Waals surface area contributed by atoms with Gasteiger partial charge >= 0.3 is 0 Å². The second-order valence-corrected chi connectivity index (χ2v) is 8.09. The highest BCUT2D eigenvalue weighted by atomic mass is 16.5. The molecular weight excluding hydrogens is 370 g/mol. The van der Waals surface area contributed by atoms with Crippen LogP contribution < -0.4 is 5.32 Å². The maximum Gasteiger partial charge on any atom is 0.241 e. The minimum Gasteiger partial charge on any atom is -0.393 e. The number of ether oxygens (including phenoxy) is 1. The average Bonchev–Trinajstić information content (AvgIpc) is 3.27. The summed E-state index contributed by atoms with van der Waals surface area (Å²) in [5.41, 5.74) is 3.85. The number of rotatable bonds is 7. The summed E-state index contributed by atoms with van der Waals surface area (Å²) in [6, 6.07) is 2.26. The van der Waals surface area contributed by atoms with Crippen molar-refractivity contribution in [3.05, 3.63) is 24.2 Å². The number of aryl methyl sites for hydroxylation is 1. The van der Waals surface area contributed by atoms with E-state index in [-0.39, 0.29) is 12.1 Å². The minimum atomic E-state index is -0.147. The summed E-state index contributed by atoms with van der Waals surface area (Å²) < 4.78 is 8.87. The summed E-state index contributed by atoms with van der Waals surface area (Å²) in [5, 5.41) is 26.2. The molecule has 9 heteroatoms. The Morgan fingerprint density at radius 2 is 2.10 bits per heavy atom. The van der Waals surface area contributed by atoms with E-state index < -0.39 is 0 Å². The van der Waals surface area contributed by atoms with Gasteiger partial charge in [0.25, 0.3) is 0 Å². The van der Waals surface area contributed by atoms with Gasteiger partial charge in [-0.15, -0.1) is 10.2 Å². The van der Waals surface area contributed by atoms with Crippen molar-refractivity contribution in [1.29, 1.82) is 0 Å². The zero-order chi connectivity index (χ0) is 20.4. The van der Waals surface area contributed by atoms with Crippen LogP contribution >= 0.6 is 0 Å². The third-order valence-electron chi connectivity index (χ3n) is 5.58. The topological polar surface area (TPSA) is 102 Å². The normalized spacial score (nSPS) is 20.8. The quantitative estimate of drug-likeness (QED) is 0.627. The van der Waals surface area contributed by atoms with E-state index in [0.29, 0.717) is 18.5 Å². The Morgan fingerprint density at radius 3 is 2.79 bits per heavy atom. The maximum atomic E-state index is 9.82. The number of hydrogen-bond acceptors (Lipinski definition) is 7. The van der Waals surface area contributed by atoms with Crippen LogP contribution in [0.15, 0.2) is 18.5 Å². The van der Waals surface area contributed by atoms with Crippen LogP contribution in [0.1, 0.15) is 38.3 Å². The molecule has 3 aromatic rings. The van der Waals surface area contributed by atoms with Gasteiger partial charge in [-0.2, -0.15) is 0 Å². The fourth-order valence-corrected chi connectivity index (χ4v) is 4.10. The lowest BCUT2D eigenvalue weighted by Gasteiger charge is -2.25. The van der Waals surface area contributed by atoms with Crippen LogP contribution in [0.5, 0.6) is 0 Å². The second kappa shape index (κ2) is 8.46. The van der Waals surface area contributed by atoms with E-state index in [1.807, 2.05) is 30.9 Å². The zero-order valence-electron chi connectivity index (χ0n) is 17.2. The lowest BCUT2D eigenvalue weighted by molar-refractivity contribution is 0.108. The highest BCUT2D eigenvalue weighted by Crippen LogP contribution is 2.31. The Labute approximate surface area is 170 Å². The summed E-state index contributed by atoms with van der Waals surface area (Å²) in [5.74, 6) is 1.12. The molecule has 29 heavy (non-hydrogen) atoms. The number of nitrogens with zero attached hydrogens (tertiary/aromatic N) is 6.